The molecule has 0 saturated carbocycles. The zero-order chi connectivity index (χ0) is 18.4. The van der Waals surface area contributed by atoms with Crippen LogP contribution in [0.4, 0.5) is 0 Å². The van der Waals surface area contributed by atoms with Crippen molar-refractivity contribution in [1.82, 2.24) is 4.72 Å². The number of nitrogens with zero attached hydrogens (tertiary/aromatic N) is 1. The summed E-state index contributed by atoms with van der Waals surface area (Å²) in [5.74, 6) is 0.482. The lowest BCUT2D eigenvalue weighted by atomic mass is 9.93. The standard InChI is InChI=1S/C19H30N2O3S/c1-2-3-4-6-10-18(14-16-20-17-22)11-9-15-21-25(23,24)19-12-7-5-8-13-19/h5,7-8,12-13,18,21H,2-4,6,9-11,14-16H2,1H3. The Kier molecular flexibility index (Phi) is 11.0. The number of unbranched alkanes of at least 4 members (excludes halogenated alkanes) is 3. The Balaban J connectivity index is 2.37. The number of aliphatic imine (C=N–C) groups is 1. The SMILES string of the molecule is CCCCCCC(CCCNS(=O)(=O)c1ccccc1)CCN=C=O. The molecular weight excluding hydrogens is 336 g/mol. The summed E-state index contributed by atoms with van der Waals surface area (Å²) in [5.41, 5.74) is 0. The third-order valence-corrected chi connectivity index (χ3v) is 5.79. The minimum Gasteiger partial charge on any atom is -0.211 e. The van der Waals surface area contributed by atoms with Gasteiger partial charge in [0.15, 0.2) is 0 Å². The lowest BCUT2D eigenvalue weighted by molar-refractivity contribution is 0.394. The molecule has 0 heterocycles. The Morgan fingerprint density at radius 3 is 2.44 bits per heavy atom. The number of hydrogen-bond acceptors (Lipinski definition) is 4. The fourth-order valence-corrected chi connectivity index (χ4v) is 3.96. The molecule has 0 spiro atoms. The summed E-state index contributed by atoms with van der Waals surface area (Å²) in [4.78, 5) is 14.2. The van der Waals surface area contributed by atoms with Gasteiger partial charge in [0, 0.05) is 6.54 Å². The average molecular weight is 367 g/mol. The Hall–Kier alpha value is -1.49. The van der Waals surface area contributed by atoms with Crippen LogP contribution in [0, 0.1) is 5.92 Å². The number of rotatable bonds is 14. The Morgan fingerprint density at radius 1 is 1.04 bits per heavy atom. The summed E-state index contributed by atoms with van der Waals surface area (Å²) in [7, 11) is -3.42. The molecule has 5 nitrogen and oxygen atoms in total. The maximum atomic E-state index is 12.2. The van der Waals surface area contributed by atoms with Crippen molar-refractivity contribution in [3.05, 3.63) is 30.3 Å². The molecule has 1 rings (SSSR count). The summed E-state index contributed by atoms with van der Waals surface area (Å²) < 4.78 is 27.0. The molecular formula is C19H30N2O3S. The third-order valence-electron chi connectivity index (χ3n) is 4.31. The Labute approximate surface area is 152 Å². The van der Waals surface area contributed by atoms with E-state index >= 15 is 0 Å². The number of sulfonamides is 1. The van der Waals surface area contributed by atoms with E-state index in [0.717, 1.165) is 25.7 Å². The first-order chi connectivity index (χ1) is 12.1. The molecule has 0 bridgehead atoms. The first kappa shape index (κ1) is 21.6. The van der Waals surface area contributed by atoms with Crippen molar-refractivity contribution < 1.29 is 13.2 Å². The first-order valence-corrected chi connectivity index (χ1v) is 10.7. The molecule has 0 aromatic heterocycles. The lowest BCUT2D eigenvalue weighted by Gasteiger charge is -2.16. The fourth-order valence-electron chi connectivity index (χ4n) is 2.87. The van der Waals surface area contributed by atoms with Crippen LogP contribution in [0.25, 0.3) is 0 Å². The topological polar surface area (TPSA) is 75.6 Å². The van der Waals surface area contributed by atoms with Gasteiger partial charge in [-0.25, -0.2) is 22.9 Å². The van der Waals surface area contributed by atoms with Crippen molar-refractivity contribution in [2.75, 3.05) is 13.1 Å². The molecule has 0 radical (unpaired) electrons. The maximum Gasteiger partial charge on any atom is 0.240 e. The van der Waals surface area contributed by atoms with Gasteiger partial charge in [0.25, 0.3) is 0 Å². The Bertz CT molecular complexity index is 611. The molecule has 1 aromatic rings. The van der Waals surface area contributed by atoms with E-state index < -0.39 is 10.0 Å². The monoisotopic (exact) mass is 366 g/mol. The van der Waals surface area contributed by atoms with Crippen LogP contribution in [0.1, 0.15) is 58.3 Å². The molecule has 0 fully saturated rings. The van der Waals surface area contributed by atoms with Gasteiger partial charge in [-0.05, 0) is 37.3 Å². The predicted octanol–water partition coefficient (Wildman–Crippen LogP) is 4.06. The summed E-state index contributed by atoms with van der Waals surface area (Å²) in [6.07, 6.45) is 10.2. The molecule has 1 atom stereocenters. The average Bonchev–Trinajstić information content (AvgIpc) is 2.62. The molecule has 25 heavy (non-hydrogen) atoms. The van der Waals surface area contributed by atoms with E-state index in [9.17, 15) is 13.2 Å². The van der Waals surface area contributed by atoms with Crippen LogP contribution in [0.5, 0.6) is 0 Å². The van der Waals surface area contributed by atoms with E-state index in [1.54, 1.807) is 36.4 Å². The number of carbonyl (C=O) groups excluding carboxylic acids is 1. The summed E-state index contributed by atoms with van der Waals surface area (Å²) >= 11 is 0. The molecule has 1 aromatic carbocycles. The lowest BCUT2D eigenvalue weighted by Crippen LogP contribution is -2.25. The molecule has 1 N–H and O–H groups in total. The predicted molar refractivity (Wildman–Crippen MR) is 101 cm³/mol. The molecule has 1 unspecified atom stereocenters. The van der Waals surface area contributed by atoms with Gasteiger partial charge >= 0.3 is 0 Å². The number of isocyanates is 1. The highest BCUT2D eigenvalue weighted by molar-refractivity contribution is 7.89. The van der Waals surface area contributed by atoms with Crippen LogP contribution in [0.2, 0.25) is 0 Å². The highest BCUT2D eigenvalue weighted by Gasteiger charge is 2.13. The van der Waals surface area contributed by atoms with Gasteiger partial charge in [0.05, 0.1) is 11.4 Å². The summed E-state index contributed by atoms with van der Waals surface area (Å²) in [6, 6.07) is 8.42. The molecule has 0 amide bonds. The largest absolute Gasteiger partial charge is 0.240 e. The van der Waals surface area contributed by atoms with E-state index in [1.165, 1.54) is 25.7 Å². The minimum absolute atomic E-state index is 0.298. The van der Waals surface area contributed by atoms with E-state index in [1.807, 2.05) is 0 Å². The first-order valence-electron chi connectivity index (χ1n) is 9.18. The molecule has 6 heteroatoms. The second-order valence-electron chi connectivity index (χ2n) is 6.33. The molecule has 0 aliphatic carbocycles. The summed E-state index contributed by atoms with van der Waals surface area (Å²) in [6.45, 7) is 3.13. The van der Waals surface area contributed by atoms with Crippen molar-refractivity contribution >= 4 is 16.1 Å². The Morgan fingerprint density at radius 2 is 1.76 bits per heavy atom. The van der Waals surface area contributed by atoms with Crippen LogP contribution < -0.4 is 4.72 Å². The van der Waals surface area contributed by atoms with Crippen LogP contribution in [-0.4, -0.2) is 27.6 Å². The second kappa shape index (κ2) is 12.8. The van der Waals surface area contributed by atoms with Crippen molar-refractivity contribution in [2.45, 2.75) is 63.2 Å². The van der Waals surface area contributed by atoms with E-state index in [2.05, 4.69) is 16.6 Å². The van der Waals surface area contributed by atoms with Crippen LogP contribution in [0.3, 0.4) is 0 Å². The normalized spacial score (nSPS) is 12.5. The van der Waals surface area contributed by atoms with Crippen LogP contribution >= 0.6 is 0 Å². The highest BCUT2D eigenvalue weighted by atomic mass is 32.2. The van der Waals surface area contributed by atoms with Gasteiger partial charge in [-0.3, -0.25) is 0 Å². The number of benzene rings is 1. The maximum absolute atomic E-state index is 12.2. The molecule has 140 valence electrons. The van der Waals surface area contributed by atoms with Crippen LogP contribution in [-0.2, 0) is 14.8 Å². The zero-order valence-electron chi connectivity index (χ0n) is 15.1. The van der Waals surface area contributed by atoms with Gasteiger partial charge in [-0.1, -0.05) is 57.2 Å². The highest BCUT2D eigenvalue weighted by Crippen LogP contribution is 2.20. The van der Waals surface area contributed by atoms with Crippen LogP contribution in [0.15, 0.2) is 40.2 Å². The molecule has 0 aliphatic heterocycles. The summed E-state index contributed by atoms with van der Waals surface area (Å²) in [5, 5.41) is 0. The third kappa shape index (κ3) is 9.54. The van der Waals surface area contributed by atoms with E-state index in [-0.39, 0.29) is 0 Å². The number of nitrogens with one attached hydrogen (secondary N) is 1. The fraction of sp³-hybridized carbons (Fsp3) is 0.632. The molecule has 0 aliphatic rings. The zero-order valence-corrected chi connectivity index (χ0v) is 15.9. The second-order valence-corrected chi connectivity index (χ2v) is 8.10. The quantitative estimate of drug-likeness (QED) is 0.306. The van der Waals surface area contributed by atoms with E-state index in [4.69, 9.17) is 0 Å². The molecule has 0 saturated heterocycles. The number of hydrogen-bond donors (Lipinski definition) is 1. The van der Waals surface area contributed by atoms with Crippen molar-refractivity contribution in [2.24, 2.45) is 10.9 Å². The van der Waals surface area contributed by atoms with Gasteiger partial charge in [0.1, 0.15) is 0 Å². The minimum atomic E-state index is -3.42. The van der Waals surface area contributed by atoms with Crippen molar-refractivity contribution in [1.29, 1.82) is 0 Å². The smallest absolute Gasteiger partial charge is 0.211 e. The van der Waals surface area contributed by atoms with Crippen molar-refractivity contribution in [3.8, 4) is 0 Å². The van der Waals surface area contributed by atoms with Gasteiger partial charge < -0.3 is 0 Å². The van der Waals surface area contributed by atoms with Gasteiger partial charge in [-0.2, -0.15) is 0 Å². The van der Waals surface area contributed by atoms with Gasteiger partial charge in [0.2, 0.25) is 16.1 Å². The van der Waals surface area contributed by atoms with Crippen molar-refractivity contribution in [3.63, 3.8) is 0 Å². The van der Waals surface area contributed by atoms with E-state index in [0.29, 0.717) is 23.9 Å². The van der Waals surface area contributed by atoms with Gasteiger partial charge in [-0.15, -0.1) is 0 Å².